The fourth-order valence-electron chi connectivity index (χ4n) is 14.2. The first-order valence-electron chi connectivity index (χ1n) is 23.6. The minimum Gasteiger partial charge on any atom is -0.310 e. The summed E-state index contributed by atoms with van der Waals surface area (Å²) in [6.07, 6.45) is 13.3. The average molecular weight is 800 g/mol. The van der Waals surface area contributed by atoms with Crippen LogP contribution in [-0.2, 0) is 23.7 Å². The molecule has 0 spiro atoms. The lowest BCUT2D eigenvalue weighted by molar-refractivity contribution is -0.00491. The summed E-state index contributed by atoms with van der Waals surface area (Å²) in [4.78, 5) is 2.65. The van der Waals surface area contributed by atoms with Crippen LogP contribution in [0.1, 0.15) is 90.3 Å². The molecule has 4 saturated carbocycles. The van der Waals surface area contributed by atoms with Gasteiger partial charge in [-0.15, -0.1) is 0 Å². The molecular formula is C61H53N. The van der Waals surface area contributed by atoms with Gasteiger partial charge in [0.15, 0.2) is 0 Å². The van der Waals surface area contributed by atoms with Gasteiger partial charge >= 0.3 is 0 Å². The van der Waals surface area contributed by atoms with Gasteiger partial charge in [-0.3, -0.25) is 0 Å². The third kappa shape index (κ3) is 5.46. The summed E-state index contributed by atoms with van der Waals surface area (Å²) < 4.78 is 0. The van der Waals surface area contributed by atoms with Crippen molar-refractivity contribution in [3.05, 3.63) is 221 Å². The molecule has 0 aromatic heterocycles. The number of hydrogen-bond acceptors (Lipinski definition) is 1. The van der Waals surface area contributed by atoms with Crippen molar-refractivity contribution in [1.29, 1.82) is 0 Å². The molecule has 0 atom stereocenters. The largest absolute Gasteiger partial charge is 0.310 e. The number of hydrogen-bond donors (Lipinski definition) is 0. The highest BCUT2D eigenvalue weighted by atomic mass is 15.1. The molecule has 0 N–H and O–H groups in total. The molecule has 302 valence electrons. The molecule has 0 aliphatic heterocycles. The topological polar surface area (TPSA) is 3.24 Å². The maximum absolute atomic E-state index is 2.65. The molecule has 0 radical (unpaired) electrons. The molecule has 6 aliphatic rings. The van der Waals surface area contributed by atoms with Crippen LogP contribution in [0, 0.1) is 17.8 Å². The van der Waals surface area contributed by atoms with Gasteiger partial charge in [0, 0.05) is 17.1 Å². The van der Waals surface area contributed by atoms with Crippen LogP contribution in [0.25, 0.3) is 33.0 Å². The van der Waals surface area contributed by atoms with Crippen LogP contribution in [0.2, 0.25) is 0 Å². The Labute approximate surface area is 367 Å². The van der Waals surface area contributed by atoms with E-state index in [0.717, 1.165) is 17.8 Å². The van der Waals surface area contributed by atoms with Gasteiger partial charge < -0.3 is 4.90 Å². The van der Waals surface area contributed by atoms with Crippen molar-refractivity contribution in [3.63, 3.8) is 0 Å². The van der Waals surface area contributed by atoms with Gasteiger partial charge in [-0.1, -0.05) is 152 Å². The molecule has 0 saturated heterocycles. The Morgan fingerprint density at radius 3 is 1.84 bits per heavy atom. The average Bonchev–Trinajstić information content (AvgIpc) is 3.63. The lowest BCUT2D eigenvalue weighted by atomic mass is 9.48. The Balaban J connectivity index is 1.06. The lowest BCUT2D eigenvalue weighted by Gasteiger charge is -2.57. The van der Waals surface area contributed by atoms with E-state index >= 15 is 0 Å². The molecular weight excluding hydrogens is 747 g/mol. The predicted octanol–water partition coefficient (Wildman–Crippen LogP) is 15.7. The minimum atomic E-state index is -0.505. The number of nitrogens with zero attached hydrogens (tertiary/aromatic N) is 1. The first-order valence-corrected chi connectivity index (χ1v) is 23.6. The molecule has 4 fully saturated rings. The summed E-state index contributed by atoms with van der Waals surface area (Å²) in [7, 11) is 0. The highest BCUT2D eigenvalue weighted by Gasteiger charge is 2.53. The SMILES string of the molecule is c1ccc(C2(c3ccccc3)c3cc(N(c4ccc(-c5cccc6c5CCCC6)cc4)c4ccccc4C45CC6CC(CC(C6)C4)C5)ccc3-c3c2ccc2ccccc32)cc1. The zero-order valence-corrected chi connectivity index (χ0v) is 35.6. The second-order valence-corrected chi connectivity index (χ2v) is 19.7. The second kappa shape index (κ2) is 14.2. The Kier molecular flexibility index (Phi) is 8.34. The number of fused-ring (bicyclic) bond motifs is 6. The molecule has 8 aromatic carbocycles. The summed E-state index contributed by atoms with van der Waals surface area (Å²) in [5.41, 5.74) is 18.9. The van der Waals surface area contributed by atoms with Gasteiger partial charge in [-0.25, -0.2) is 0 Å². The molecule has 6 aliphatic carbocycles. The van der Waals surface area contributed by atoms with E-state index in [1.807, 2.05) is 0 Å². The van der Waals surface area contributed by atoms with Crippen molar-refractivity contribution in [2.75, 3.05) is 4.90 Å². The first-order chi connectivity index (χ1) is 30.7. The van der Waals surface area contributed by atoms with Crippen LogP contribution in [0.5, 0.6) is 0 Å². The molecule has 0 heterocycles. The predicted molar refractivity (Wildman–Crippen MR) is 258 cm³/mol. The first kappa shape index (κ1) is 36.5. The fourth-order valence-corrected chi connectivity index (χ4v) is 14.2. The standard InChI is InChI=1S/C61H53N/c1-3-17-47(18-4-1)61(48-19-5-2-6-20-48)56-33-28-45-15-8-10-22-53(45)59(56)54-32-31-50(37-57(54)61)62(49-29-26-46(27-30-49)52-23-13-16-44-14-7-9-21-51(44)52)58-25-12-11-24-55(58)60-38-41-34-42(39-60)36-43(35-41)40-60/h1-6,8,10-13,15-20,22-33,37,41-43H,7,9,14,21,34-36,38-40H2. The highest BCUT2D eigenvalue weighted by Crippen LogP contribution is 2.63. The van der Waals surface area contributed by atoms with E-state index in [1.54, 1.807) is 11.1 Å². The zero-order chi connectivity index (χ0) is 40.8. The van der Waals surface area contributed by atoms with Crippen LogP contribution < -0.4 is 4.90 Å². The lowest BCUT2D eigenvalue weighted by Crippen LogP contribution is -2.48. The maximum Gasteiger partial charge on any atom is 0.0714 e. The van der Waals surface area contributed by atoms with E-state index in [4.69, 9.17) is 0 Å². The number of benzene rings is 8. The van der Waals surface area contributed by atoms with Crippen LogP contribution in [-0.4, -0.2) is 0 Å². The monoisotopic (exact) mass is 799 g/mol. The Morgan fingerprint density at radius 1 is 0.452 bits per heavy atom. The molecule has 14 rings (SSSR count). The van der Waals surface area contributed by atoms with Crippen molar-refractivity contribution in [2.45, 2.75) is 75.0 Å². The second-order valence-electron chi connectivity index (χ2n) is 19.7. The van der Waals surface area contributed by atoms with Crippen molar-refractivity contribution < 1.29 is 0 Å². The van der Waals surface area contributed by atoms with Crippen LogP contribution in [0.4, 0.5) is 17.1 Å². The van der Waals surface area contributed by atoms with E-state index in [1.165, 1.54) is 142 Å². The normalized spacial score (nSPS) is 22.5. The minimum absolute atomic E-state index is 0.232. The smallest absolute Gasteiger partial charge is 0.0714 e. The summed E-state index contributed by atoms with van der Waals surface area (Å²) in [5, 5.41) is 2.60. The third-order valence-electron chi connectivity index (χ3n) is 16.3. The van der Waals surface area contributed by atoms with Crippen molar-refractivity contribution in [1.82, 2.24) is 0 Å². The zero-order valence-electron chi connectivity index (χ0n) is 35.6. The van der Waals surface area contributed by atoms with Crippen LogP contribution >= 0.6 is 0 Å². The van der Waals surface area contributed by atoms with E-state index < -0.39 is 5.41 Å². The van der Waals surface area contributed by atoms with E-state index in [9.17, 15) is 0 Å². The number of para-hydroxylation sites is 1. The quantitative estimate of drug-likeness (QED) is 0.155. The van der Waals surface area contributed by atoms with Gasteiger partial charge in [-0.2, -0.15) is 0 Å². The number of anilines is 3. The Morgan fingerprint density at radius 2 is 1.10 bits per heavy atom. The maximum atomic E-state index is 2.65. The fraction of sp³-hybridized carbons (Fsp3) is 0.246. The summed E-state index contributed by atoms with van der Waals surface area (Å²) in [6, 6.07) is 70.1. The molecule has 1 heteroatoms. The summed E-state index contributed by atoms with van der Waals surface area (Å²) in [5.74, 6) is 2.60. The van der Waals surface area contributed by atoms with Gasteiger partial charge in [-0.05, 0) is 190 Å². The molecule has 62 heavy (non-hydrogen) atoms. The molecule has 0 unspecified atom stereocenters. The number of rotatable bonds is 7. The highest BCUT2D eigenvalue weighted by molar-refractivity contribution is 6.04. The van der Waals surface area contributed by atoms with E-state index in [-0.39, 0.29) is 5.41 Å². The molecule has 4 bridgehead atoms. The van der Waals surface area contributed by atoms with Crippen molar-refractivity contribution in [3.8, 4) is 22.3 Å². The van der Waals surface area contributed by atoms with Gasteiger partial charge in [0.1, 0.15) is 0 Å². The Hall–Kier alpha value is -6.18. The summed E-state index contributed by atoms with van der Waals surface area (Å²) >= 11 is 0. The molecule has 0 amide bonds. The molecule has 8 aromatic rings. The van der Waals surface area contributed by atoms with Crippen LogP contribution in [0.15, 0.2) is 182 Å². The van der Waals surface area contributed by atoms with Crippen molar-refractivity contribution in [2.24, 2.45) is 17.8 Å². The van der Waals surface area contributed by atoms with Crippen LogP contribution in [0.3, 0.4) is 0 Å². The van der Waals surface area contributed by atoms with Gasteiger partial charge in [0.25, 0.3) is 0 Å². The van der Waals surface area contributed by atoms with Gasteiger partial charge in [0.05, 0.1) is 5.41 Å². The summed E-state index contributed by atoms with van der Waals surface area (Å²) in [6.45, 7) is 0. The van der Waals surface area contributed by atoms with E-state index in [2.05, 4.69) is 187 Å². The van der Waals surface area contributed by atoms with Crippen molar-refractivity contribution >= 4 is 27.8 Å². The van der Waals surface area contributed by atoms with Gasteiger partial charge in [0.2, 0.25) is 0 Å². The number of aryl methyl sites for hydroxylation is 1. The third-order valence-corrected chi connectivity index (χ3v) is 16.3. The molecule has 1 nitrogen and oxygen atoms in total. The van der Waals surface area contributed by atoms with E-state index in [0.29, 0.717) is 0 Å². The Bertz CT molecular complexity index is 2920.